The van der Waals surface area contributed by atoms with Crippen LogP contribution in [0.5, 0.6) is 0 Å². The second kappa shape index (κ2) is 5.71. The average Bonchev–Trinajstić information content (AvgIpc) is 2.43. The standard InChI is InChI=1S/C17H21ClN2/c1-12-6-5-7-13(2)20(12)11-15-10-14-8-3-4-9-16(14)19-17(15)18/h3-4,8-10,12-13H,5-7,11H2,1-2H3. The second-order valence-corrected chi connectivity index (χ2v) is 6.29. The minimum Gasteiger partial charge on any atom is -0.294 e. The van der Waals surface area contributed by atoms with Crippen molar-refractivity contribution in [2.45, 2.75) is 51.7 Å². The molecule has 1 aromatic carbocycles. The number of fused-ring (bicyclic) bond motifs is 1. The zero-order valence-electron chi connectivity index (χ0n) is 12.1. The van der Waals surface area contributed by atoms with Crippen molar-refractivity contribution in [2.75, 3.05) is 0 Å². The minimum atomic E-state index is 0.626. The van der Waals surface area contributed by atoms with E-state index >= 15 is 0 Å². The highest BCUT2D eigenvalue weighted by Gasteiger charge is 2.25. The van der Waals surface area contributed by atoms with Gasteiger partial charge in [0.2, 0.25) is 0 Å². The Kier molecular flexibility index (Phi) is 3.95. The highest BCUT2D eigenvalue weighted by Crippen LogP contribution is 2.28. The van der Waals surface area contributed by atoms with Crippen molar-refractivity contribution >= 4 is 22.5 Å². The Hall–Kier alpha value is -1.12. The second-order valence-electron chi connectivity index (χ2n) is 5.93. The fourth-order valence-electron chi connectivity index (χ4n) is 3.23. The summed E-state index contributed by atoms with van der Waals surface area (Å²) in [6.07, 6.45) is 3.90. The highest BCUT2D eigenvalue weighted by molar-refractivity contribution is 6.30. The van der Waals surface area contributed by atoms with Gasteiger partial charge in [-0.15, -0.1) is 0 Å². The van der Waals surface area contributed by atoms with Crippen LogP contribution in [0.15, 0.2) is 30.3 Å². The summed E-state index contributed by atoms with van der Waals surface area (Å²) < 4.78 is 0. The van der Waals surface area contributed by atoms with Gasteiger partial charge in [0.25, 0.3) is 0 Å². The molecule has 106 valence electrons. The molecule has 0 saturated carbocycles. The number of hydrogen-bond acceptors (Lipinski definition) is 2. The molecule has 1 saturated heterocycles. The summed E-state index contributed by atoms with van der Waals surface area (Å²) in [4.78, 5) is 7.09. The van der Waals surface area contributed by atoms with E-state index in [1.807, 2.05) is 18.2 Å². The smallest absolute Gasteiger partial charge is 0.134 e. The maximum Gasteiger partial charge on any atom is 0.134 e. The molecule has 0 bridgehead atoms. The third-order valence-electron chi connectivity index (χ3n) is 4.48. The van der Waals surface area contributed by atoms with Crippen molar-refractivity contribution in [3.05, 3.63) is 41.0 Å². The number of aromatic nitrogens is 1. The van der Waals surface area contributed by atoms with Crippen LogP contribution in [0.3, 0.4) is 0 Å². The highest BCUT2D eigenvalue weighted by atomic mass is 35.5. The first-order valence-corrected chi connectivity index (χ1v) is 7.83. The summed E-state index contributed by atoms with van der Waals surface area (Å²) in [5.74, 6) is 0. The lowest BCUT2D eigenvalue weighted by molar-refractivity contribution is 0.0952. The predicted molar refractivity (Wildman–Crippen MR) is 85.1 cm³/mol. The van der Waals surface area contributed by atoms with Gasteiger partial charge in [-0.3, -0.25) is 4.90 Å². The molecule has 2 heterocycles. The van der Waals surface area contributed by atoms with Crippen LogP contribution in [0.4, 0.5) is 0 Å². The molecular formula is C17H21ClN2. The number of piperidine rings is 1. The lowest BCUT2D eigenvalue weighted by Crippen LogP contribution is -2.43. The van der Waals surface area contributed by atoms with Crippen LogP contribution >= 0.6 is 11.6 Å². The summed E-state index contributed by atoms with van der Waals surface area (Å²) in [6, 6.07) is 11.6. The lowest BCUT2D eigenvalue weighted by Gasteiger charge is -2.39. The third kappa shape index (κ3) is 2.68. The van der Waals surface area contributed by atoms with E-state index in [-0.39, 0.29) is 0 Å². The van der Waals surface area contributed by atoms with E-state index in [1.54, 1.807) is 0 Å². The molecule has 0 radical (unpaired) electrons. The fourth-order valence-corrected chi connectivity index (χ4v) is 3.44. The van der Waals surface area contributed by atoms with Gasteiger partial charge in [0.05, 0.1) is 5.52 Å². The fraction of sp³-hybridized carbons (Fsp3) is 0.471. The van der Waals surface area contributed by atoms with Crippen LogP contribution in [0.2, 0.25) is 5.15 Å². The predicted octanol–water partition coefficient (Wildman–Crippen LogP) is 4.65. The van der Waals surface area contributed by atoms with Crippen LogP contribution < -0.4 is 0 Å². The van der Waals surface area contributed by atoms with Crippen LogP contribution in [-0.4, -0.2) is 22.0 Å². The van der Waals surface area contributed by atoms with Gasteiger partial charge in [-0.1, -0.05) is 36.2 Å². The van der Waals surface area contributed by atoms with Crippen LogP contribution in [0, 0.1) is 0 Å². The Labute approximate surface area is 125 Å². The average molecular weight is 289 g/mol. The molecule has 1 fully saturated rings. The van der Waals surface area contributed by atoms with Gasteiger partial charge in [-0.2, -0.15) is 0 Å². The van der Waals surface area contributed by atoms with Crippen molar-refractivity contribution < 1.29 is 0 Å². The van der Waals surface area contributed by atoms with E-state index in [4.69, 9.17) is 11.6 Å². The van der Waals surface area contributed by atoms with E-state index in [0.29, 0.717) is 17.2 Å². The minimum absolute atomic E-state index is 0.626. The SMILES string of the molecule is CC1CCCC(C)N1Cc1cc2ccccc2nc1Cl. The number of rotatable bonds is 2. The molecule has 1 aromatic heterocycles. The van der Waals surface area contributed by atoms with Crippen molar-refractivity contribution in [2.24, 2.45) is 0 Å². The summed E-state index contributed by atoms with van der Waals surface area (Å²) in [5, 5.41) is 1.82. The Bertz CT molecular complexity index is 601. The van der Waals surface area contributed by atoms with Crippen molar-refractivity contribution in [3.8, 4) is 0 Å². The van der Waals surface area contributed by atoms with Crippen LogP contribution in [0.1, 0.15) is 38.7 Å². The molecule has 2 unspecified atom stereocenters. The van der Waals surface area contributed by atoms with E-state index in [1.165, 1.54) is 24.6 Å². The lowest BCUT2D eigenvalue weighted by atomic mass is 9.97. The normalized spacial score (nSPS) is 24.1. The summed E-state index contributed by atoms with van der Waals surface area (Å²) >= 11 is 6.38. The van der Waals surface area contributed by atoms with E-state index < -0.39 is 0 Å². The van der Waals surface area contributed by atoms with Gasteiger partial charge >= 0.3 is 0 Å². The molecule has 0 amide bonds. The zero-order chi connectivity index (χ0) is 14.1. The first-order valence-electron chi connectivity index (χ1n) is 7.45. The van der Waals surface area contributed by atoms with Crippen LogP contribution in [0.25, 0.3) is 10.9 Å². The number of halogens is 1. The Morgan fingerprint density at radius 3 is 2.65 bits per heavy atom. The first kappa shape index (κ1) is 13.8. The summed E-state index contributed by atoms with van der Waals surface area (Å²) in [7, 11) is 0. The van der Waals surface area contributed by atoms with Gasteiger partial charge in [-0.05, 0) is 38.8 Å². The molecule has 0 spiro atoms. The number of likely N-dealkylation sites (tertiary alicyclic amines) is 1. The molecule has 2 atom stereocenters. The number of pyridine rings is 1. The molecule has 3 rings (SSSR count). The number of nitrogens with zero attached hydrogens (tertiary/aromatic N) is 2. The van der Waals surface area contributed by atoms with Gasteiger partial charge in [0.15, 0.2) is 0 Å². The van der Waals surface area contributed by atoms with E-state index in [0.717, 1.165) is 17.6 Å². The number of para-hydroxylation sites is 1. The third-order valence-corrected chi connectivity index (χ3v) is 4.81. The Morgan fingerprint density at radius 2 is 1.90 bits per heavy atom. The van der Waals surface area contributed by atoms with Crippen LogP contribution in [-0.2, 0) is 6.54 Å². The molecule has 2 nitrogen and oxygen atoms in total. The van der Waals surface area contributed by atoms with Crippen molar-refractivity contribution in [3.63, 3.8) is 0 Å². The summed E-state index contributed by atoms with van der Waals surface area (Å²) in [5.41, 5.74) is 2.12. The van der Waals surface area contributed by atoms with E-state index in [2.05, 4.69) is 35.9 Å². The summed E-state index contributed by atoms with van der Waals surface area (Å²) in [6.45, 7) is 5.54. The largest absolute Gasteiger partial charge is 0.294 e. The molecule has 0 N–H and O–H groups in total. The maximum atomic E-state index is 6.38. The first-order chi connectivity index (χ1) is 9.65. The molecule has 2 aromatic rings. The molecule has 1 aliphatic heterocycles. The molecular weight excluding hydrogens is 268 g/mol. The zero-order valence-corrected chi connectivity index (χ0v) is 12.9. The Morgan fingerprint density at radius 1 is 1.20 bits per heavy atom. The van der Waals surface area contributed by atoms with Crippen molar-refractivity contribution in [1.29, 1.82) is 0 Å². The molecule has 20 heavy (non-hydrogen) atoms. The monoisotopic (exact) mass is 288 g/mol. The van der Waals surface area contributed by atoms with Gasteiger partial charge in [0, 0.05) is 29.6 Å². The van der Waals surface area contributed by atoms with Gasteiger partial charge in [-0.25, -0.2) is 4.98 Å². The van der Waals surface area contributed by atoms with Crippen molar-refractivity contribution in [1.82, 2.24) is 9.88 Å². The Balaban J connectivity index is 1.91. The number of hydrogen-bond donors (Lipinski definition) is 0. The van der Waals surface area contributed by atoms with Gasteiger partial charge < -0.3 is 0 Å². The maximum absolute atomic E-state index is 6.38. The van der Waals surface area contributed by atoms with Gasteiger partial charge in [0.1, 0.15) is 5.15 Å². The molecule has 0 aliphatic carbocycles. The number of benzene rings is 1. The molecule has 1 aliphatic rings. The molecule has 3 heteroatoms. The quantitative estimate of drug-likeness (QED) is 0.748. The topological polar surface area (TPSA) is 16.1 Å². The van der Waals surface area contributed by atoms with E-state index in [9.17, 15) is 0 Å².